The molecule has 0 saturated carbocycles. The van der Waals surface area contributed by atoms with E-state index < -0.39 is 9.84 Å². The fourth-order valence-electron chi connectivity index (χ4n) is 2.99. The van der Waals surface area contributed by atoms with E-state index in [1.54, 1.807) is 12.1 Å². The van der Waals surface area contributed by atoms with Gasteiger partial charge in [0.1, 0.15) is 0 Å². The first-order chi connectivity index (χ1) is 13.4. The Balaban J connectivity index is 1.98. The van der Waals surface area contributed by atoms with Gasteiger partial charge in [0.15, 0.2) is 15.7 Å². The van der Waals surface area contributed by atoms with Crippen LogP contribution in [-0.2, 0) is 16.4 Å². The van der Waals surface area contributed by atoms with Gasteiger partial charge >= 0.3 is 0 Å². The molecule has 0 aliphatic heterocycles. The van der Waals surface area contributed by atoms with Crippen LogP contribution >= 0.6 is 0 Å². The van der Waals surface area contributed by atoms with Gasteiger partial charge in [-0.25, -0.2) is 13.5 Å². The molecule has 0 saturated heterocycles. The SMILES string of the molecule is CC[C@H](CO)NCc1ccc(-c2cccc(S(C)(=O)=O)c2-c2nnn[nH]2)cc1. The van der Waals surface area contributed by atoms with E-state index in [1.165, 1.54) is 6.26 Å². The number of hydrogen-bond donors (Lipinski definition) is 3. The van der Waals surface area contributed by atoms with E-state index in [2.05, 4.69) is 25.9 Å². The zero-order chi connectivity index (χ0) is 20.1. The number of aliphatic hydroxyl groups is 1. The highest BCUT2D eigenvalue weighted by Crippen LogP contribution is 2.35. The number of aromatic amines is 1. The lowest BCUT2D eigenvalue weighted by atomic mass is 9.98. The minimum absolute atomic E-state index is 0.0664. The molecule has 148 valence electrons. The van der Waals surface area contributed by atoms with Crippen molar-refractivity contribution in [2.45, 2.75) is 30.8 Å². The maximum Gasteiger partial charge on any atom is 0.181 e. The summed E-state index contributed by atoms with van der Waals surface area (Å²) in [6.07, 6.45) is 2.01. The van der Waals surface area contributed by atoms with E-state index in [0.29, 0.717) is 17.9 Å². The van der Waals surface area contributed by atoms with Gasteiger partial charge in [-0.15, -0.1) is 5.10 Å². The van der Waals surface area contributed by atoms with Crippen LogP contribution in [0.1, 0.15) is 18.9 Å². The van der Waals surface area contributed by atoms with E-state index in [0.717, 1.165) is 23.1 Å². The van der Waals surface area contributed by atoms with E-state index in [1.807, 2.05) is 37.3 Å². The zero-order valence-corrected chi connectivity index (χ0v) is 16.6. The summed E-state index contributed by atoms with van der Waals surface area (Å²) in [5.41, 5.74) is 3.10. The van der Waals surface area contributed by atoms with Crippen molar-refractivity contribution in [3.05, 3.63) is 48.0 Å². The van der Waals surface area contributed by atoms with Gasteiger partial charge in [0.25, 0.3) is 0 Å². The summed E-state index contributed by atoms with van der Waals surface area (Å²) in [5.74, 6) is 0.301. The molecule has 0 unspecified atom stereocenters. The Kier molecular flexibility index (Phi) is 6.18. The molecule has 1 heterocycles. The summed E-state index contributed by atoms with van der Waals surface area (Å²) in [7, 11) is -3.47. The molecule has 0 aliphatic carbocycles. The lowest BCUT2D eigenvalue weighted by molar-refractivity contribution is 0.238. The third-order valence-electron chi connectivity index (χ3n) is 4.58. The topological polar surface area (TPSA) is 121 Å². The maximum absolute atomic E-state index is 12.3. The maximum atomic E-state index is 12.3. The number of nitrogens with zero attached hydrogens (tertiary/aromatic N) is 3. The monoisotopic (exact) mass is 401 g/mol. The molecule has 0 radical (unpaired) electrons. The third kappa shape index (κ3) is 4.44. The Labute approximate surface area is 163 Å². The molecule has 0 amide bonds. The summed E-state index contributed by atoms with van der Waals surface area (Å²) >= 11 is 0. The lowest BCUT2D eigenvalue weighted by Crippen LogP contribution is -2.31. The van der Waals surface area contributed by atoms with Crippen LogP contribution in [0.3, 0.4) is 0 Å². The van der Waals surface area contributed by atoms with Crippen LogP contribution in [0.15, 0.2) is 47.4 Å². The number of H-pyrrole nitrogens is 1. The highest BCUT2D eigenvalue weighted by atomic mass is 32.2. The quantitative estimate of drug-likeness (QED) is 0.526. The van der Waals surface area contributed by atoms with Crippen LogP contribution in [0.2, 0.25) is 0 Å². The number of sulfone groups is 1. The number of tetrazole rings is 1. The smallest absolute Gasteiger partial charge is 0.181 e. The molecule has 2 aromatic carbocycles. The molecule has 3 N–H and O–H groups in total. The van der Waals surface area contributed by atoms with Gasteiger partial charge in [0.05, 0.1) is 11.5 Å². The first-order valence-corrected chi connectivity index (χ1v) is 10.8. The fourth-order valence-corrected chi connectivity index (χ4v) is 3.90. The second-order valence-electron chi connectivity index (χ2n) is 6.57. The average molecular weight is 401 g/mol. The van der Waals surface area contributed by atoms with E-state index in [9.17, 15) is 13.5 Å². The summed E-state index contributed by atoms with van der Waals surface area (Å²) < 4.78 is 24.6. The van der Waals surface area contributed by atoms with Crippen LogP contribution in [-0.4, -0.2) is 53.1 Å². The molecule has 3 aromatic rings. The Morgan fingerprint density at radius 1 is 1.18 bits per heavy atom. The Bertz CT molecular complexity index is 1010. The van der Waals surface area contributed by atoms with Gasteiger partial charge in [0.2, 0.25) is 0 Å². The van der Waals surface area contributed by atoms with Gasteiger partial charge in [-0.2, -0.15) is 0 Å². The van der Waals surface area contributed by atoms with Crippen LogP contribution in [0, 0.1) is 0 Å². The van der Waals surface area contributed by atoms with Crippen molar-refractivity contribution in [1.82, 2.24) is 25.9 Å². The van der Waals surface area contributed by atoms with Gasteiger partial charge in [-0.1, -0.05) is 43.3 Å². The highest BCUT2D eigenvalue weighted by molar-refractivity contribution is 7.90. The van der Waals surface area contributed by atoms with E-state index in [4.69, 9.17) is 0 Å². The Morgan fingerprint density at radius 2 is 1.93 bits per heavy atom. The second kappa shape index (κ2) is 8.59. The van der Waals surface area contributed by atoms with Crippen molar-refractivity contribution in [1.29, 1.82) is 0 Å². The van der Waals surface area contributed by atoms with Crippen molar-refractivity contribution < 1.29 is 13.5 Å². The Morgan fingerprint density at radius 3 is 2.50 bits per heavy atom. The zero-order valence-electron chi connectivity index (χ0n) is 15.8. The minimum atomic E-state index is -3.47. The summed E-state index contributed by atoms with van der Waals surface area (Å²) in [4.78, 5) is 0.169. The van der Waals surface area contributed by atoms with Crippen LogP contribution in [0.4, 0.5) is 0 Å². The average Bonchev–Trinajstić information content (AvgIpc) is 3.22. The first kappa shape index (κ1) is 20.1. The number of hydrogen-bond acceptors (Lipinski definition) is 7. The lowest BCUT2D eigenvalue weighted by Gasteiger charge is -2.15. The minimum Gasteiger partial charge on any atom is -0.395 e. The molecule has 0 bridgehead atoms. The fraction of sp³-hybridized carbons (Fsp3) is 0.316. The third-order valence-corrected chi connectivity index (χ3v) is 5.72. The molecule has 0 spiro atoms. The summed E-state index contributed by atoms with van der Waals surface area (Å²) in [5, 5.41) is 26.3. The van der Waals surface area contributed by atoms with Crippen LogP contribution < -0.4 is 5.32 Å². The largest absolute Gasteiger partial charge is 0.395 e. The summed E-state index contributed by atoms with van der Waals surface area (Å²) in [6, 6.07) is 13.0. The van der Waals surface area contributed by atoms with Gasteiger partial charge in [-0.3, -0.25) is 0 Å². The van der Waals surface area contributed by atoms with E-state index in [-0.39, 0.29) is 17.5 Å². The van der Waals surface area contributed by atoms with E-state index >= 15 is 0 Å². The van der Waals surface area contributed by atoms with Crippen molar-refractivity contribution >= 4 is 9.84 Å². The molecule has 1 atom stereocenters. The normalized spacial score (nSPS) is 12.8. The molecule has 9 heteroatoms. The van der Waals surface area contributed by atoms with Gasteiger partial charge in [-0.05, 0) is 39.6 Å². The number of benzene rings is 2. The molecular formula is C19H23N5O3S. The Hall–Kier alpha value is -2.62. The van der Waals surface area contributed by atoms with Crippen molar-refractivity contribution in [3.8, 4) is 22.5 Å². The molecule has 8 nitrogen and oxygen atoms in total. The molecule has 1 aromatic heterocycles. The second-order valence-corrected chi connectivity index (χ2v) is 8.55. The first-order valence-electron chi connectivity index (χ1n) is 8.94. The van der Waals surface area contributed by atoms with Crippen LogP contribution in [0.25, 0.3) is 22.5 Å². The van der Waals surface area contributed by atoms with Crippen molar-refractivity contribution in [3.63, 3.8) is 0 Å². The van der Waals surface area contributed by atoms with Crippen LogP contribution in [0.5, 0.6) is 0 Å². The predicted molar refractivity (Wildman–Crippen MR) is 106 cm³/mol. The van der Waals surface area contributed by atoms with Crippen molar-refractivity contribution in [2.75, 3.05) is 12.9 Å². The molecule has 3 rings (SSSR count). The van der Waals surface area contributed by atoms with Gasteiger partial charge in [0, 0.05) is 24.4 Å². The molecule has 28 heavy (non-hydrogen) atoms. The molecule has 0 fully saturated rings. The van der Waals surface area contributed by atoms with Crippen molar-refractivity contribution in [2.24, 2.45) is 0 Å². The molecular weight excluding hydrogens is 378 g/mol. The number of rotatable bonds is 8. The standard InChI is InChI=1S/C19H23N5O3S/c1-3-15(12-25)20-11-13-7-9-14(10-8-13)16-5-4-6-17(28(2,26)27)18(16)19-21-23-24-22-19/h4-10,15,20,25H,3,11-12H2,1-2H3,(H,21,22,23,24)/t15-/m1/s1. The predicted octanol–water partition coefficient (Wildman–Crippen LogP) is 1.80. The number of aliphatic hydroxyl groups excluding tert-OH is 1. The highest BCUT2D eigenvalue weighted by Gasteiger charge is 2.21. The number of aromatic nitrogens is 4. The number of nitrogens with one attached hydrogen (secondary N) is 2. The van der Waals surface area contributed by atoms with Gasteiger partial charge < -0.3 is 10.4 Å². The molecule has 0 aliphatic rings. The summed E-state index contributed by atoms with van der Waals surface area (Å²) in [6.45, 7) is 2.76.